The number of carbonyl (C=O) groups is 2. The summed E-state index contributed by atoms with van der Waals surface area (Å²) in [6.07, 6.45) is 1.82. The van der Waals surface area contributed by atoms with Gasteiger partial charge in [-0.25, -0.2) is 0 Å². The molecular formula is C18H24O4. The molecule has 4 nitrogen and oxygen atoms in total. The zero-order chi connectivity index (χ0) is 16.2. The van der Waals surface area contributed by atoms with Gasteiger partial charge in [0, 0.05) is 6.42 Å². The van der Waals surface area contributed by atoms with Crippen LogP contribution in [0.4, 0.5) is 0 Å². The Kier molecular flexibility index (Phi) is 5.22. The van der Waals surface area contributed by atoms with E-state index in [0.29, 0.717) is 25.9 Å². The van der Waals surface area contributed by atoms with E-state index in [-0.39, 0.29) is 23.8 Å². The minimum Gasteiger partial charge on any atom is -0.461 e. The van der Waals surface area contributed by atoms with Gasteiger partial charge in [-0.05, 0) is 45.1 Å². The lowest BCUT2D eigenvalue weighted by Crippen LogP contribution is -2.34. The summed E-state index contributed by atoms with van der Waals surface area (Å²) in [5.41, 5.74) is 0.537. The van der Waals surface area contributed by atoms with E-state index in [4.69, 9.17) is 9.47 Å². The molecule has 1 aliphatic rings. The molecule has 0 atom stereocenters. The van der Waals surface area contributed by atoms with Crippen LogP contribution in [0.2, 0.25) is 0 Å². The van der Waals surface area contributed by atoms with Crippen molar-refractivity contribution in [2.75, 3.05) is 0 Å². The Morgan fingerprint density at radius 1 is 1.14 bits per heavy atom. The Hall–Kier alpha value is -1.84. The summed E-state index contributed by atoms with van der Waals surface area (Å²) in [6, 6.07) is 9.63. The van der Waals surface area contributed by atoms with E-state index < -0.39 is 5.60 Å². The van der Waals surface area contributed by atoms with Crippen molar-refractivity contribution in [2.45, 2.75) is 52.2 Å². The van der Waals surface area contributed by atoms with E-state index in [0.717, 1.165) is 5.56 Å². The second-order valence-electron chi connectivity index (χ2n) is 6.92. The number of benzene rings is 1. The molecule has 0 aromatic heterocycles. The second-order valence-corrected chi connectivity index (χ2v) is 6.92. The molecule has 0 aliphatic heterocycles. The van der Waals surface area contributed by atoms with Crippen molar-refractivity contribution in [2.24, 2.45) is 11.8 Å². The van der Waals surface area contributed by atoms with Crippen LogP contribution in [0.25, 0.3) is 0 Å². The molecule has 0 radical (unpaired) electrons. The van der Waals surface area contributed by atoms with Gasteiger partial charge in [-0.15, -0.1) is 0 Å². The van der Waals surface area contributed by atoms with Crippen LogP contribution in [0.1, 0.15) is 45.6 Å². The molecule has 0 N–H and O–H groups in total. The molecule has 4 heteroatoms. The van der Waals surface area contributed by atoms with Crippen LogP contribution in [0.5, 0.6) is 0 Å². The SMILES string of the molecule is CC(C)(C)OC(=O)CC1CC(C(=O)OCc2ccccc2)C1. The normalized spacial score (nSPS) is 20.9. The van der Waals surface area contributed by atoms with Crippen LogP contribution < -0.4 is 0 Å². The number of esters is 2. The van der Waals surface area contributed by atoms with E-state index in [1.54, 1.807) is 0 Å². The first-order chi connectivity index (χ1) is 10.3. The van der Waals surface area contributed by atoms with Gasteiger partial charge < -0.3 is 9.47 Å². The first-order valence-electron chi connectivity index (χ1n) is 7.76. The lowest BCUT2D eigenvalue weighted by atomic mass is 9.73. The summed E-state index contributed by atoms with van der Waals surface area (Å²) >= 11 is 0. The maximum atomic E-state index is 11.9. The Morgan fingerprint density at radius 3 is 2.36 bits per heavy atom. The summed E-state index contributed by atoms with van der Waals surface area (Å²) in [6.45, 7) is 5.88. The number of rotatable bonds is 5. The molecule has 1 aromatic rings. The van der Waals surface area contributed by atoms with Gasteiger partial charge >= 0.3 is 11.9 Å². The lowest BCUT2D eigenvalue weighted by Gasteiger charge is -2.33. The minimum atomic E-state index is -0.450. The molecule has 2 rings (SSSR count). The van der Waals surface area contributed by atoms with Gasteiger partial charge in [0.25, 0.3) is 0 Å². The third kappa shape index (κ3) is 5.17. The highest BCUT2D eigenvalue weighted by molar-refractivity contribution is 5.75. The highest BCUT2D eigenvalue weighted by Crippen LogP contribution is 2.37. The number of hydrogen-bond acceptors (Lipinski definition) is 4. The Morgan fingerprint density at radius 2 is 1.77 bits per heavy atom. The summed E-state index contributed by atoms with van der Waals surface area (Å²) in [5, 5.41) is 0. The van der Waals surface area contributed by atoms with Crippen LogP contribution in [-0.4, -0.2) is 17.5 Å². The van der Waals surface area contributed by atoms with Gasteiger partial charge in [-0.1, -0.05) is 30.3 Å². The van der Waals surface area contributed by atoms with Gasteiger partial charge in [0.1, 0.15) is 12.2 Å². The Labute approximate surface area is 131 Å². The number of hydrogen-bond donors (Lipinski definition) is 0. The maximum absolute atomic E-state index is 11.9. The summed E-state index contributed by atoms with van der Waals surface area (Å²) in [7, 11) is 0. The topological polar surface area (TPSA) is 52.6 Å². The van der Waals surface area contributed by atoms with Crippen molar-refractivity contribution < 1.29 is 19.1 Å². The summed E-state index contributed by atoms with van der Waals surface area (Å²) in [4.78, 5) is 23.6. The molecule has 0 heterocycles. The molecule has 0 amide bonds. The van der Waals surface area contributed by atoms with Crippen molar-refractivity contribution in [3.05, 3.63) is 35.9 Å². The number of carbonyl (C=O) groups excluding carboxylic acids is 2. The monoisotopic (exact) mass is 304 g/mol. The van der Waals surface area contributed by atoms with Gasteiger partial charge in [0.15, 0.2) is 0 Å². The standard InChI is InChI=1S/C18H24O4/c1-18(2,3)22-16(19)11-14-9-15(10-14)17(20)21-12-13-7-5-4-6-8-13/h4-8,14-15H,9-12H2,1-3H3. The fraction of sp³-hybridized carbons (Fsp3) is 0.556. The van der Waals surface area contributed by atoms with E-state index in [2.05, 4.69) is 0 Å². The zero-order valence-corrected chi connectivity index (χ0v) is 13.5. The largest absolute Gasteiger partial charge is 0.461 e. The highest BCUT2D eigenvalue weighted by Gasteiger charge is 2.37. The molecule has 120 valence electrons. The van der Waals surface area contributed by atoms with Crippen LogP contribution in [-0.2, 0) is 25.7 Å². The van der Waals surface area contributed by atoms with Crippen LogP contribution in [0.15, 0.2) is 30.3 Å². The predicted octanol–water partition coefficient (Wildman–Crippen LogP) is 3.49. The molecule has 1 fully saturated rings. The molecule has 0 unspecified atom stereocenters. The average molecular weight is 304 g/mol. The second kappa shape index (κ2) is 6.95. The molecule has 1 aliphatic carbocycles. The van der Waals surface area contributed by atoms with E-state index in [1.165, 1.54) is 0 Å². The zero-order valence-electron chi connectivity index (χ0n) is 13.5. The molecular weight excluding hydrogens is 280 g/mol. The van der Waals surface area contributed by atoms with Gasteiger partial charge in [-0.2, -0.15) is 0 Å². The first-order valence-corrected chi connectivity index (χ1v) is 7.76. The van der Waals surface area contributed by atoms with Crippen molar-refractivity contribution in [3.63, 3.8) is 0 Å². The smallest absolute Gasteiger partial charge is 0.309 e. The fourth-order valence-electron chi connectivity index (χ4n) is 2.56. The van der Waals surface area contributed by atoms with E-state index in [9.17, 15) is 9.59 Å². The fourth-order valence-corrected chi connectivity index (χ4v) is 2.56. The van der Waals surface area contributed by atoms with Crippen LogP contribution >= 0.6 is 0 Å². The van der Waals surface area contributed by atoms with Gasteiger partial charge in [0.05, 0.1) is 5.92 Å². The Bertz CT molecular complexity index is 510. The highest BCUT2D eigenvalue weighted by atomic mass is 16.6. The minimum absolute atomic E-state index is 0.0730. The van der Waals surface area contributed by atoms with Crippen LogP contribution in [0.3, 0.4) is 0 Å². The molecule has 0 saturated heterocycles. The molecule has 1 aromatic carbocycles. The third-order valence-electron chi connectivity index (χ3n) is 3.67. The van der Waals surface area contributed by atoms with E-state index >= 15 is 0 Å². The predicted molar refractivity (Wildman–Crippen MR) is 82.9 cm³/mol. The lowest BCUT2D eigenvalue weighted by molar-refractivity contribution is -0.162. The van der Waals surface area contributed by atoms with Crippen molar-refractivity contribution in [3.8, 4) is 0 Å². The van der Waals surface area contributed by atoms with Crippen molar-refractivity contribution >= 4 is 11.9 Å². The summed E-state index contributed by atoms with van der Waals surface area (Å²) < 4.78 is 10.6. The number of ether oxygens (including phenoxy) is 2. The molecule has 22 heavy (non-hydrogen) atoms. The molecule has 0 spiro atoms. The quantitative estimate of drug-likeness (QED) is 0.781. The Balaban J connectivity index is 1.66. The van der Waals surface area contributed by atoms with Gasteiger partial charge in [-0.3, -0.25) is 9.59 Å². The average Bonchev–Trinajstić information content (AvgIpc) is 2.39. The van der Waals surface area contributed by atoms with Crippen LogP contribution in [0, 0.1) is 11.8 Å². The van der Waals surface area contributed by atoms with Crippen molar-refractivity contribution in [1.29, 1.82) is 0 Å². The summed E-state index contributed by atoms with van der Waals surface area (Å²) in [5.74, 6) is -0.182. The molecule has 0 bridgehead atoms. The van der Waals surface area contributed by atoms with Gasteiger partial charge in [0.2, 0.25) is 0 Å². The molecule has 1 saturated carbocycles. The maximum Gasteiger partial charge on any atom is 0.309 e. The third-order valence-corrected chi connectivity index (χ3v) is 3.67. The first kappa shape index (κ1) is 16.5. The van der Waals surface area contributed by atoms with Crippen molar-refractivity contribution in [1.82, 2.24) is 0 Å². The van der Waals surface area contributed by atoms with E-state index in [1.807, 2.05) is 51.1 Å².